The van der Waals surface area contributed by atoms with Crippen LogP contribution < -0.4 is 31.0 Å². The lowest BCUT2D eigenvalue weighted by molar-refractivity contribution is -0.137. The number of anilines is 3. The summed E-state index contributed by atoms with van der Waals surface area (Å²) in [7, 11) is 1.56. The average Bonchev–Trinajstić information content (AvgIpc) is 3.71. The summed E-state index contributed by atoms with van der Waals surface area (Å²) in [5, 5.41) is 14.4. The number of carbonyl (C=O) groups is 4. The molecule has 1 aromatic heterocycles. The molecule has 4 aromatic rings. The lowest BCUT2D eigenvalue weighted by Gasteiger charge is -2.33. The molecular weight excluding hydrogens is 751 g/mol. The minimum Gasteiger partial charge on any atom is -0.497 e. The van der Waals surface area contributed by atoms with Gasteiger partial charge in [0.1, 0.15) is 10.8 Å². The zero-order valence-corrected chi connectivity index (χ0v) is 30.3. The fourth-order valence-electron chi connectivity index (χ4n) is 5.66. The van der Waals surface area contributed by atoms with Gasteiger partial charge in [0.05, 0.1) is 31.1 Å². The number of hydrogen-bond donors (Lipinski definition) is 4. The Hall–Kier alpha value is -5.56. The first-order valence-electron chi connectivity index (χ1n) is 16.3. The zero-order chi connectivity index (χ0) is 37.5. The molecule has 54 heavy (non-hydrogen) atoms. The third-order valence-corrected chi connectivity index (χ3v) is 9.30. The molecule has 0 spiro atoms. The maximum atomic E-state index is 12.9. The van der Waals surface area contributed by atoms with Crippen LogP contribution in [0.1, 0.15) is 11.3 Å². The molecule has 0 saturated carbocycles. The van der Waals surface area contributed by atoms with E-state index < -0.39 is 35.6 Å². The van der Waals surface area contributed by atoms with E-state index >= 15 is 0 Å². The van der Waals surface area contributed by atoms with Gasteiger partial charge in [-0.15, -0.1) is 23.7 Å². The van der Waals surface area contributed by atoms with Gasteiger partial charge in [-0.2, -0.15) is 18.3 Å². The molecular formula is C35H35ClF3N9O5S. The quantitative estimate of drug-likeness (QED) is 0.0912. The van der Waals surface area contributed by atoms with Gasteiger partial charge >= 0.3 is 18.2 Å². The van der Waals surface area contributed by atoms with Crippen LogP contribution in [0.5, 0.6) is 5.75 Å². The van der Waals surface area contributed by atoms with Crippen molar-refractivity contribution in [3.05, 3.63) is 89.4 Å². The van der Waals surface area contributed by atoms with Gasteiger partial charge < -0.3 is 15.4 Å². The van der Waals surface area contributed by atoms with E-state index in [1.54, 1.807) is 31.4 Å². The highest BCUT2D eigenvalue weighted by Gasteiger charge is 2.39. The molecule has 1 unspecified atom stereocenters. The molecule has 0 aliphatic carbocycles. The molecule has 14 nitrogen and oxygen atoms in total. The number of nitrogens with one attached hydrogen (secondary N) is 4. The molecule has 0 bridgehead atoms. The van der Waals surface area contributed by atoms with Gasteiger partial charge in [0, 0.05) is 66.8 Å². The van der Waals surface area contributed by atoms with Crippen LogP contribution >= 0.6 is 23.7 Å². The van der Waals surface area contributed by atoms with Crippen molar-refractivity contribution in [2.75, 3.05) is 55.4 Å². The highest BCUT2D eigenvalue weighted by Crippen LogP contribution is 2.31. The fourth-order valence-corrected chi connectivity index (χ4v) is 6.48. The minimum atomic E-state index is -4.55. The molecule has 19 heteroatoms. The smallest absolute Gasteiger partial charge is 0.416 e. The lowest BCUT2D eigenvalue weighted by atomic mass is 10.1. The van der Waals surface area contributed by atoms with E-state index in [0.717, 1.165) is 51.6 Å². The number of halogens is 4. The first-order chi connectivity index (χ1) is 25.4. The number of nitrogens with zero attached hydrogens (tertiary/aromatic N) is 5. The summed E-state index contributed by atoms with van der Waals surface area (Å²) in [6, 6.07) is 15.8. The number of hydrazone groups is 1. The Bertz CT molecular complexity index is 1990. The molecule has 1 atom stereocenters. The predicted octanol–water partition coefficient (Wildman–Crippen LogP) is 5.25. The molecule has 3 aromatic carbocycles. The van der Waals surface area contributed by atoms with Crippen molar-refractivity contribution in [1.82, 2.24) is 25.5 Å². The number of benzene rings is 3. The third-order valence-electron chi connectivity index (χ3n) is 8.36. The monoisotopic (exact) mass is 785 g/mol. The molecule has 6 amide bonds. The van der Waals surface area contributed by atoms with Crippen molar-refractivity contribution in [3.63, 3.8) is 0 Å². The molecule has 2 fully saturated rings. The second-order valence-electron chi connectivity index (χ2n) is 12.1. The average molecular weight is 786 g/mol. The second-order valence-corrected chi connectivity index (χ2v) is 12.9. The van der Waals surface area contributed by atoms with Crippen LogP contribution in [0.2, 0.25) is 0 Å². The second kappa shape index (κ2) is 17.5. The number of imide groups is 1. The van der Waals surface area contributed by atoms with Gasteiger partial charge in [-0.3, -0.25) is 29.6 Å². The van der Waals surface area contributed by atoms with Crippen LogP contribution in [0.15, 0.2) is 83.3 Å². The van der Waals surface area contributed by atoms with Gasteiger partial charge in [-0.1, -0.05) is 6.07 Å². The molecule has 0 radical (unpaired) electrons. The van der Waals surface area contributed by atoms with E-state index in [1.165, 1.54) is 11.3 Å². The molecule has 2 saturated heterocycles. The van der Waals surface area contributed by atoms with Crippen molar-refractivity contribution in [3.8, 4) is 16.3 Å². The van der Waals surface area contributed by atoms with Gasteiger partial charge in [0.15, 0.2) is 6.04 Å². The van der Waals surface area contributed by atoms with Gasteiger partial charge in [0.25, 0.3) is 11.8 Å². The van der Waals surface area contributed by atoms with Crippen molar-refractivity contribution in [1.29, 1.82) is 0 Å². The van der Waals surface area contributed by atoms with E-state index in [9.17, 15) is 32.3 Å². The predicted molar refractivity (Wildman–Crippen MR) is 200 cm³/mol. The number of carbonyl (C=O) groups excluding carboxylic acids is 4. The fraction of sp³-hybridized carbons (Fsp3) is 0.257. The van der Waals surface area contributed by atoms with E-state index in [4.69, 9.17) is 9.72 Å². The van der Waals surface area contributed by atoms with Crippen LogP contribution in [0, 0.1) is 0 Å². The highest BCUT2D eigenvalue weighted by molar-refractivity contribution is 7.13. The van der Waals surface area contributed by atoms with Gasteiger partial charge in [-0.05, 0) is 60.7 Å². The van der Waals surface area contributed by atoms with E-state index in [0.29, 0.717) is 49.8 Å². The van der Waals surface area contributed by atoms with Crippen LogP contribution in [0.3, 0.4) is 0 Å². The third kappa shape index (κ3) is 10.1. The number of amides is 6. The van der Waals surface area contributed by atoms with Crippen molar-refractivity contribution < 1.29 is 37.1 Å². The number of ether oxygens (including phenoxy) is 1. The van der Waals surface area contributed by atoms with E-state index in [1.807, 2.05) is 34.5 Å². The number of alkyl halides is 3. The summed E-state index contributed by atoms with van der Waals surface area (Å²) >= 11 is 1.53. The number of aromatic nitrogens is 1. The number of hydrogen-bond acceptors (Lipinski definition) is 10. The van der Waals surface area contributed by atoms with Crippen LogP contribution in [-0.4, -0.2) is 90.8 Å². The first-order valence-corrected chi connectivity index (χ1v) is 17.2. The molecule has 284 valence electrons. The van der Waals surface area contributed by atoms with Crippen molar-refractivity contribution >= 4 is 70.9 Å². The van der Waals surface area contributed by atoms with Crippen LogP contribution in [-0.2, 0) is 22.3 Å². The van der Waals surface area contributed by atoms with E-state index in [2.05, 4.69) is 31.4 Å². The number of urea groups is 2. The summed E-state index contributed by atoms with van der Waals surface area (Å²) in [6.07, 6.45) is -3.49. The maximum Gasteiger partial charge on any atom is 0.416 e. The molecule has 2 aliphatic heterocycles. The van der Waals surface area contributed by atoms with Crippen molar-refractivity contribution in [2.45, 2.75) is 18.8 Å². The van der Waals surface area contributed by atoms with E-state index in [-0.39, 0.29) is 30.7 Å². The Morgan fingerprint density at radius 3 is 2.35 bits per heavy atom. The topological polar surface area (TPSA) is 161 Å². The summed E-state index contributed by atoms with van der Waals surface area (Å²) in [6.45, 7) is 3.34. The summed E-state index contributed by atoms with van der Waals surface area (Å²) in [5.41, 5.74) is 4.61. The molecule has 2 aliphatic rings. The molecule has 4 N–H and O–H groups in total. The number of piperazine rings is 1. The Morgan fingerprint density at radius 1 is 0.981 bits per heavy atom. The van der Waals surface area contributed by atoms with Crippen molar-refractivity contribution in [2.24, 2.45) is 5.10 Å². The summed E-state index contributed by atoms with van der Waals surface area (Å²) < 4.78 is 44.0. The van der Waals surface area contributed by atoms with Crippen LogP contribution in [0.4, 0.5) is 39.8 Å². The Morgan fingerprint density at radius 2 is 1.67 bits per heavy atom. The normalized spacial score (nSPS) is 16.5. The Balaban J connectivity index is 0.00000561. The molecule has 3 heterocycles. The first kappa shape index (κ1) is 39.6. The summed E-state index contributed by atoms with van der Waals surface area (Å²) in [4.78, 5) is 59.7. The number of rotatable bonds is 11. The largest absolute Gasteiger partial charge is 0.497 e. The van der Waals surface area contributed by atoms with Crippen LogP contribution in [0.25, 0.3) is 10.6 Å². The molecule has 6 rings (SSSR count). The number of methoxy groups -OCH3 is 1. The summed E-state index contributed by atoms with van der Waals surface area (Å²) in [5.74, 6) is -0.516. The highest BCUT2D eigenvalue weighted by atomic mass is 35.5. The standard InChI is InChI=1S/C35H34F3N9O5S.ClH/c1-52-28-4-2-3-25(17-28)42-33(50)41-24-9-5-22(6-10-24)32-40-26(21-53-32)19-45-13-15-46(16-14-45)20-30(48)44-39-18-29-31(49)43-34(51)47(29)27-11-7-23(8-12-27)35(36,37)38;/h2-12,17-18,21,29H,13-16,19-20H2,1H3,(H,44,48)(H2,41,42,50)(H,43,49,51);1H/b39-18+;. The lowest BCUT2D eigenvalue weighted by Crippen LogP contribution is -2.48. The zero-order valence-electron chi connectivity index (χ0n) is 28.6. The minimum absolute atomic E-state index is 0. The Kier molecular flexibility index (Phi) is 12.9. The maximum absolute atomic E-state index is 12.9. The van der Waals surface area contributed by atoms with Gasteiger partial charge in [0.2, 0.25) is 0 Å². The Labute approximate surface area is 317 Å². The SMILES string of the molecule is COc1cccc(NC(=O)Nc2ccc(-c3nc(CN4CCN(CC(=O)N/N=C/C5C(=O)NC(=O)N5c5ccc(C(F)(F)F)cc5)CC4)cs3)cc2)c1.Cl. The number of thiazole rings is 1. The van der Waals surface area contributed by atoms with Gasteiger partial charge in [-0.25, -0.2) is 20.0 Å².